The predicted octanol–water partition coefficient (Wildman–Crippen LogP) is -0.266. The Balaban J connectivity index is 2.73. The van der Waals surface area contributed by atoms with Crippen LogP contribution in [0.2, 0.25) is 0 Å². The molecule has 0 spiro atoms. The van der Waals surface area contributed by atoms with Crippen LogP contribution in [0.5, 0.6) is 0 Å². The summed E-state index contributed by atoms with van der Waals surface area (Å²) in [4.78, 5) is 37.4. The summed E-state index contributed by atoms with van der Waals surface area (Å²) in [6.07, 6.45) is 0. The van der Waals surface area contributed by atoms with E-state index in [1.165, 1.54) is 18.2 Å². The molecule has 96 valence electrons. The standard InChI is InChI=1S/C12H9N3O4/c1-19-10(16)6-15-11(17)8-4-7(5-13)2-3-9(8)14-12(15)18/h2-4H,6H2,1H3,(H,14,18). The first-order valence-electron chi connectivity index (χ1n) is 5.30. The third-order valence-electron chi connectivity index (χ3n) is 2.63. The highest BCUT2D eigenvalue weighted by atomic mass is 16.5. The number of hydrogen-bond donors (Lipinski definition) is 1. The molecule has 0 fully saturated rings. The Morgan fingerprint density at radius 3 is 2.84 bits per heavy atom. The predicted molar refractivity (Wildman–Crippen MR) is 65.6 cm³/mol. The summed E-state index contributed by atoms with van der Waals surface area (Å²) < 4.78 is 5.15. The van der Waals surface area contributed by atoms with Crippen molar-refractivity contribution in [3.05, 3.63) is 44.6 Å². The Hall–Kier alpha value is -2.88. The van der Waals surface area contributed by atoms with Gasteiger partial charge >= 0.3 is 11.7 Å². The van der Waals surface area contributed by atoms with Gasteiger partial charge in [0, 0.05) is 0 Å². The fourth-order valence-electron chi connectivity index (χ4n) is 1.66. The van der Waals surface area contributed by atoms with Gasteiger partial charge in [-0.1, -0.05) is 0 Å². The summed E-state index contributed by atoms with van der Waals surface area (Å²) in [6, 6.07) is 6.22. The lowest BCUT2D eigenvalue weighted by Crippen LogP contribution is -2.37. The van der Waals surface area contributed by atoms with E-state index in [0.29, 0.717) is 11.1 Å². The molecule has 2 rings (SSSR count). The number of aromatic nitrogens is 2. The molecule has 0 aliphatic rings. The molecule has 0 radical (unpaired) electrons. The quantitative estimate of drug-likeness (QED) is 0.748. The van der Waals surface area contributed by atoms with Crippen LogP contribution in [0.4, 0.5) is 0 Å². The van der Waals surface area contributed by atoms with Crippen LogP contribution in [0, 0.1) is 11.3 Å². The molecule has 1 aromatic carbocycles. The maximum atomic E-state index is 12.1. The minimum absolute atomic E-state index is 0.169. The largest absolute Gasteiger partial charge is 0.468 e. The van der Waals surface area contributed by atoms with Crippen molar-refractivity contribution in [2.75, 3.05) is 7.11 Å². The summed E-state index contributed by atoms with van der Waals surface area (Å²) in [7, 11) is 1.16. The number of hydrogen-bond acceptors (Lipinski definition) is 5. The number of fused-ring (bicyclic) bond motifs is 1. The van der Waals surface area contributed by atoms with Crippen LogP contribution in [0.15, 0.2) is 27.8 Å². The highest BCUT2D eigenvalue weighted by Crippen LogP contribution is 2.07. The molecule has 0 amide bonds. The van der Waals surface area contributed by atoms with Gasteiger partial charge in [-0.15, -0.1) is 0 Å². The monoisotopic (exact) mass is 259 g/mol. The molecule has 0 saturated heterocycles. The van der Waals surface area contributed by atoms with Crippen LogP contribution in [0.1, 0.15) is 5.56 Å². The van der Waals surface area contributed by atoms with Crippen molar-refractivity contribution in [2.24, 2.45) is 0 Å². The third-order valence-corrected chi connectivity index (χ3v) is 2.63. The van der Waals surface area contributed by atoms with Crippen LogP contribution < -0.4 is 11.2 Å². The zero-order valence-corrected chi connectivity index (χ0v) is 9.97. The number of H-pyrrole nitrogens is 1. The maximum Gasteiger partial charge on any atom is 0.329 e. The highest BCUT2D eigenvalue weighted by molar-refractivity contribution is 5.79. The van der Waals surface area contributed by atoms with Crippen molar-refractivity contribution in [1.29, 1.82) is 5.26 Å². The van der Waals surface area contributed by atoms with Gasteiger partial charge in [-0.2, -0.15) is 5.26 Å². The number of nitrogens with one attached hydrogen (secondary N) is 1. The van der Waals surface area contributed by atoms with Gasteiger partial charge in [0.05, 0.1) is 29.6 Å². The van der Waals surface area contributed by atoms with E-state index in [0.717, 1.165) is 11.7 Å². The van der Waals surface area contributed by atoms with E-state index in [1.54, 1.807) is 0 Å². The SMILES string of the molecule is COC(=O)Cn1c(=O)[nH]c2ccc(C#N)cc2c1=O. The summed E-state index contributed by atoms with van der Waals surface area (Å²) in [5.41, 5.74) is -0.731. The van der Waals surface area contributed by atoms with Crippen molar-refractivity contribution >= 4 is 16.9 Å². The number of methoxy groups -OCH3 is 1. The first kappa shape index (κ1) is 12.6. The number of nitrogens with zero attached hydrogens (tertiary/aromatic N) is 2. The summed E-state index contributed by atoms with van der Waals surface area (Å²) in [5, 5.41) is 8.96. The third kappa shape index (κ3) is 2.24. The van der Waals surface area contributed by atoms with Crippen LogP contribution in [-0.2, 0) is 16.1 Å². The molecule has 1 N–H and O–H groups in total. The number of carbonyl (C=O) groups is 1. The normalized spacial score (nSPS) is 10.1. The average Bonchev–Trinajstić information content (AvgIpc) is 2.42. The fourth-order valence-corrected chi connectivity index (χ4v) is 1.66. The molecular formula is C12H9N3O4. The molecule has 0 aliphatic carbocycles. The van der Waals surface area contributed by atoms with Gasteiger partial charge in [0.25, 0.3) is 5.56 Å². The molecule has 0 aliphatic heterocycles. The second-order valence-electron chi connectivity index (χ2n) is 3.77. The number of nitriles is 1. The van der Waals surface area contributed by atoms with E-state index in [4.69, 9.17) is 5.26 Å². The van der Waals surface area contributed by atoms with Gasteiger partial charge in [-0.25, -0.2) is 9.36 Å². The highest BCUT2D eigenvalue weighted by Gasteiger charge is 2.11. The maximum absolute atomic E-state index is 12.1. The molecule has 1 heterocycles. The molecular weight excluding hydrogens is 250 g/mol. The Morgan fingerprint density at radius 2 is 2.21 bits per heavy atom. The van der Waals surface area contributed by atoms with Crippen molar-refractivity contribution < 1.29 is 9.53 Å². The van der Waals surface area contributed by atoms with Crippen molar-refractivity contribution in [3.63, 3.8) is 0 Å². The minimum atomic E-state index is -0.705. The lowest BCUT2D eigenvalue weighted by molar-refractivity contribution is -0.141. The molecule has 19 heavy (non-hydrogen) atoms. The first-order chi connectivity index (χ1) is 9.06. The summed E-state index contributed by atoms with van der Waals surface area (Å²) >= 11 is 0. The molecule has 0 saturated carbocycles. The minimum Gasteiger partial charge on any atom is -0.468 e. The molecule has 0 bridgehead atoms. The number of benzene rings is 1. The van der Waals surface area contributed by atoms with Crippen molar-refractivity contribution in [1.82, 2.24) is 9.55 Å². The Kier molecular flexibility index (Phi) is 3.16. The van der Waals surface area contributed by atoms with Crippen LogP contribution in [0.25, 0.3) is 10.9 Å². The molecule has 0 atom stereocenters. The Bertz CT molecular complexity index is 810. The second kappa shape index (κ2) is 4.78. The van der Waals surface area contributed by atoms with E-state index in [1.807, 2.05) is 6.07 Å². The molecule has 1 aromatic heterocycles. The van der Waals surface area contributed by atoms with E-state index in [9.17, 15) is 14.4 Å². The number of ether oxygens (including phenoxy) is 1. The topological polar surface area (TPSA) is 105 Å². The Labute approximate surface area is 106 Å². The molecule has 0 unspecified atom stereocenters. The Morgan fingerprint density at radius 1 is 1.47 bits per heavy atom. The van der Waals surface area contributed by atoms with E-state index in [-0.39, 0.29) is 5.39 Å². The van der Waals surface area contributed by atoms with Crippen LogP contribution in [-0.4, -0.2) is 22.6 Å². The molecule has 7 nitrogen and oxygen atoms in total. The molecule has 2 aromatic rings. The number of aromatic amines is 1. The van der Waals surface area contributed by atoms with Gasteiger partial charge in [0.2, 0.25) is 0 Å². The lowest BCUT2D eigenvalue weighted by atomic mass is 10.1. The number of carbonyl (C=O) groups excluding carboxylic acids is 1. The van der Waals surface area contributed by atoms with Gasteiger partial charge in [0.1, 0.15) is 6.54 Å². The first-order valence-corrected chi connectivity index (χ1v) is 5.30. The van der Waals surface area contributed by atoms with Gasteiger partial charge in [-0.3, -0.25) is 9.59 Å². The van der Waals surface area contributed by atoms with Gasteiger partial charge in [-0.05, 0) is 18.2 Å². The number of rotatable bonds is 2. The van der Waals surface area contributed by atoms with Crippen LogP contribution >= 0.6 is 0 Å². The van der Waals surface area contributed by atoms with E-state index in [2.05, 4.69) is 9.72 Å². The zero-order chi connectivity index (χ0) is 14.0. The smallest absolute Gasteiger partial charge is 0.329 e. The van der Waals surface area contributed by atoms with Crippen molar-refractivity contribution in [3.8, 4) is 6.07 Å². The zero-order valence-electron chi connectivity index (χ0n) is 9.97. The van der Waals surface area contributed by atoms with Gasteiger partial charge in [0.15, 0.2) is 0 Å². The summed E-state index contributed by atoms with van der Waals surface area (Å²) in [6.45, 7) is -0.475. The van der Waals surface area contributed by atoms with Crippen molar-refractivity contribution in [2.45, 2.75) is 6.54 Å². The second-order valence-corrected chi connectivity index (χ2v) is 3.77. The molecule has 7 heteroatoms. The average molecular weight is 259 g/mol. The number of esters is 1. The lowest BCUT2D eigenvalue weighted by Gasteiger charge is -2.05. The fraction of sp³-hybridized carbons (Fsp3) is 0.167. The van der Waals surface area contributed by atoms with Gasteiger partial charge < -0.3 is 9.72 Å². The van der Waals surface area contributed by atoms with Crippen LogP contribution in [0.3, 0.4) is 0 Å². The summed E-state index contributed by atoms with van der Waals surface area (Å²) in [5.74, 6) is -0.705. The van der Waals surface area contributed by atoms with E-state index < -0.39 is 23.8 Å². The van der Waals surface area contributed by atoms with E-state index >= 15 is 0 Å².